The Balaban J connectivity index is 2.05. The van der Waals surface area contributed by atoms with E-state index in [0.717, 1.165) is 25.7 Å². The minimum Gasteiger partial charge on any atom is -0.449 e. The summed E-state index contributed by atoms with van der Waals surface area (Å²) in [7, 11) is 1.74. The summed E-state index contributed by atoms with van der Waals surface area (Å²) in [5, 5.41) is 11.1. The van der Waals surface area contributed by atoms with Gasteiger partial charge in [0.1, 0.15) is 0 Å². The minimum absolute atomic E-state index is 0.0643. The van der Waals surface area contributed by atoms with E-state index in [1.807, 2.05) is 0 Å². The Kier molecular flexibility index (Phi) is 7.02. The second-order valence-electron chi connectivity index (χ2n) is 6.43. The maximum atomic E-state index is 12.5. The van der Waals surface area contributed by atoms with E-state index in [0.29, 0.717) is 4.90 Å². The van der Waals surface area contributed by atoms with Gasteiger partial charge in [0, 0.05) is 19.2 Å². The number of carbonyl (C=O) groups excluding carboxylic acids is 2. The Morgan fingerprint density at radius 2 is 1.96 bits per heavy atom. The van der Waals surface area contributed by atoms with Gasteiger partial charge in [0.2, 0.25) is 0 Å². The van der Waals surface area contributed by atoms with E-state index in [1.165, 1.54) is 43.3 Å². The van der Waals surface area contributed by atoms with Crippen LogP contribution in [0.5, 0.6) is 0 Å². The van der Waals surface area contributed by atoms with E-state index >= 15 is 0 Å². The van der Waals surface area contributed by atoms with Crippen molar-refractivity contribution < 1.29 is 19.2 Å². The van der Waals surface area contributed by atoms with Gasteiger partial charge in [0.15, 0.2) is 6.10 Å². The van der Waals surface area contributed by atoms with E-state index in [-0.39, 0.29) is 23.2 Å². The highest BCUT2D eigenvalue weighted by atomic mass is 32.2. The summed E-state index contributed by atoms with van der Waals surface area (Å²) < 4.78 is 5.26. The van der Waals surface area contributed by atoms with Crippen molar-refractivity contribution in [3.05, 3.63) is 33.9 Å². The predicted molar refractivity (Wildman–Crippen MR) is 99.4 cm³/mol. The number of hydrogen-bond acceptors (Lipinski definition) is 6. The molecule has 26 heavy (non-hydrogen) atoms. The topological polar surface area (TPSA) is 89.8 Å². The van der Waals surface area contributed by atoms with Gasteiger partial charge in [-0.25, -0.2) is 4.79 Å². The summed E-state index contributed by atoms with van der Waals surface area (Å²) in [6, 6.07) is 4.36. The lowest BCUT2D eigenvalue weighted by molar-refractivity contribution is -0.387. The Hall–Kier alpha value is -2.09. The first kappa shape index (κ1) is 20.2. The molecule has 0 bridgehead atoms. The molecule has 0 heterocycles. The summed E-state index contributed by atoms with van der Waals surface area (Å²) in [6.07, 6.45) is 6.10. The molecule has 7 nitrogen and oxygen atoms in total. The molecule has 0 aliphatic heterocycles. The van der Waals surface area contributed by atoms with Gasteiger partial charge in [-0.05, 0) is 38.2 Å². The van der Waals surface area contributed by atoms with Crippen molar-refractivity contribution in [1.82, 2.24) is 4.90 Å². The lowest BCUT2D eigenvalue weighted by Crippen LogP contribution is -2.44. The number of rotatable bonds is 6. The fraction of sp³-hybridized carbons (Fsp3) is 0.556. The van der Waals surface area contributed by atoms with Crippen LogP contribution >= 0.6 is 11.8 Å². The molecule has 0 saturated heterocycles. The molecule has 0 aromatic heterocycles. The van der Waals surface area contributed by atoms with Crippen molar-refractivity contribution in [1.29, 1.82) is 0 Å². The Bertz CT molecular complexity index is 688. The predicted octanol–water partition coefficient (Wildman–Crippen LogP) is 3.65. The fourth-order valence-corrected chi connectivity index (χ4v) is 3.72. The molecular weight excluding hydrogens is 356 g/mol. The SMILES string of the molecule is CSc1ccc(C(=O)O[C@H](C)C(=O)N(C)C2CCCCC2)cc1[N+](=O)[O-]. The molecule has 142 valence electrons. The molecule has 1 saturated carbocycles. The smallest absolute Gasteiger partial charge is 0.339 e. The van der Waals surface area contributed by atoms with Crippen LogP contribution in [0.2, 0.25) is 0 Å². The average molecular weight is 380 g/mol. The van der Waals surface area contributed by atoms with Gasteiger partial charge in [0.05, 0.1) is 15.4 Å². The highest BCUT2D eigenvalue weighted by Gasteiger charge is 2.28. The van der Waals surface area contributed by atoms with Crippen LogP contribution in [0.1, 0.15) is 49.4 Å². The molecule has 8 heteroatoms. The molecule has 1 atom stereocenters. The Morgan fingerprint density at radius 1 is 1.31 bits per heavy atom. The number of nitro benzene ring substituents is 1. The molecule has 1 aromatic carbocycles. The fourth-order valence-electron chi connectivity index (χ4n) is 3.17. The monoisotopic (exact) mass is 380 g/mol. The molecule has 1 amide bonds. The van der Waals surface area contributed by atoms with Crippen LogP contribution in [0.4, 0.5) is 5.69 Å². The molecule has 1 fully saturated rings. The number of esters is 1. The van der Waals surface area contributed by atoms with Crippen molar-refractivity contribution in [2.75, 3.05) is 13.3 Å². The zero-order valence-corrected chi connectivity index (χ0v) is 16.1. The summed E-state index contributed by atoms with van der Waals surface area (Å²) in [6.45, 7) is 1.53. The van der Waals surface area contributed by atoms with Crippen molar-refractivity contribution in [3.8, 4) is 0 Å². The van der Waals surface area contributed by atoms with Crippen LogP contribution in [0.25, 0.3) is 0 Å². The maximum absolute atomic E-state index is 12.5. The molecule has 0 N–H and O–H groups in total. The number of amides is 1. The number of hydrogen-bond donors (Lipinski definition) is 0. The molecule has 1 aliphatic rings. The third kappa shape index (κ3) is 4.75. The molecule has 0 spiro atoms. The Morgan fingerprint density at radius 3 is 2.54 bits per heavy atom. The lowest BCUT2D eigenvalue weighted by Gasteiger charge is -2.32. The molecule has 2 rings (SSSR count). The quantitative estimate of drug-likeness (QED) is 0.324. The van der Waals surface area contributed by atoms with Gasteiger partial charge in [0.25, 0.3) is 11.6 Å². The molecule has 1 aromatic rings. The van der Waals surface area contributed by atoms with Gasteiger partial charge in [-0.15, -0.1) is 11.8 Å². The highest BCUT2D eigenvalue weighted by Crippen LogP contribution is 2.29. The number of likely N-dealkylation sites (N-methyl/N-ethyl adjacent to an activating group) is 1. The zero-order chi connectivity index (χ0) is 19.3. The van der Waals surface area contributed by atoms with Crippen LogP contribution in [0.3, 0.4) is 0 Å². The van der Waals surface area contributed by atoms with Gasteiger partial charge in [-0.3, -0.25) is 14.9 Å². The zero-order valence-electron chi connectivity index (χ0n) is 15.3. The second kappa shape index (κ2) is 9.02. The summed E-state index contributed by atoms with van der Waals surface area (Å²) in [4.78, 5) is 37.6. The summed E-state index contributed by atoms with van der Waals surface area (Å²) in [5.41, 5.74) is -0.0836. The van der Waals surface area contributed by atoms with Gasteiger partial charge in [-0.1, -0.05) is 19.3 Å². The first-order valence-corrected chi connectivity index (χ1v) is 9.87. The maximum Gasteiger partial charge on any atom is 0.339 e. The number of carbonyl (C=O) groups is 2. The van der Waals surface area contributed by atoms with E-state index in [1.54, 1.807) is 18.2 Å². The standard InChI is InChI=1S/C18H24N2O5S/c1-12(17(21)19(2)14-7-5-4-6-8-14)25-18(22)13-9-10-16(26-3)15(11-13)20(23)24/h9-12,14H,4-8H2,1-3H3/t12-/m1/s1. The number of nitro groups is 1. The van der Waals surface area contributed by atoms with E-state index in [9.17, 15) is 19.7 Å². The van der Waals surface area contributed by atoms with E-state index in [2.05, 4.69) is 0 Å². The second-order valence-corrected chi connectivity index (χ2v) is 7.28. The first-order chi connectivity index (χ1) is 12.3. The first-order valence-electron chi connectivity index (χ1n) is 8.65. The van der Waals surface area contributed by atoms with Crippen LogP contribution in [-0.4, -0.2) is 47.1 Å². The lowest BCUT2D eigenvalue weighted by atomic mass is 9.94. The minimum atomic E-state index is -0.936. The number of ether oxygens (including phenoxy) is 1. The average Bonchev–Trinajstić information content (AvgIpc) is 2.66. The van der Waals surface area contributed by atoms with Gasteiger partial charge < -0.3 is 9.64 Å². The normalized spacial score (nSPS) is 16.0. The van der Waals surface area contributed by atoms with Crippen molar-refractivity contribution in [2.24, 2.45) is 0 Å². The molecule has 0 radical (unpaired) electrons. The van der Waals surface area contributed by atoms with Gasteiger partial charge in [-0.2, -0.15) is 0 Å². The van der Waals surface area contributed by atoms with Crippen LogP contribution in [0, 0.1) is 10.1 Å². The summed E-state index contributed by atoms with van der Waals surface area (Å²) >= 11 is 1.23. The molecule has 1 aliphatic carbocycles. The number of nitrogens with zero attached hydrogens (tertiary/aromatic N) is 2. The highest BCUT2D eigenvalue weighted by molar-refractivity contribution is 7.98. The van der Waals surface area contributed by atoms with Crippen LogP contribution in [0.15, 0.2) is 23.1 Å². The van der Waals surface area contributed by atoms with Crippen LogP contribution < -0.4 is 0 Å². The van der Waals surface area contributed by atoms with Crippen molar-refractivity contribution >= 4 is 29.3 Å². The van der Waals surface area contributed by atoms with Gasteiger partial charge >= 0.3 is 5.97 Å². The van der Waals surface area contributed by atoms with E-state index < -0.39 is 17.0 Å². The third-order valence-electron chi connectivity index (χ3n) is 4.71. The molecule has 0 unspecified atom stereocenters. The Labute approximate surface area is 157 Å². The van der Waals surface area contributed by atoms with Crippen molar-refractivity contribution in [2.45, 2.75) is 56.1 Å². The van der Waals surface area contributed by atoms with E-state index in [4.69, 9.17) is 4.74 Å². The number of benzene rings is 1. The number of thioether (sulfide) groups is 1. The largest absolute Gasteiger partial charge is 0.449 e. The molecular formula is C18H24N2O5S. The summed E-state index contributed by atoms with van der Waals surface area (Å²) in [5.74, 6) is -0.987. The van der Waals surface area contributed by atoms with Crippen molar-refractivity contribution in [3.63, 3.8) is 0 Å². The third-order valence-corrected chi connectivity index (χ3v) is 5.50. The van der Waals surface area contributed by atoms with Crippen LogP contribution in [-0.2, 0) is 9.53 Å².